The summed E-state index contributed by atoms with van der Waals surface area (Å²) in [5.74, 6) is 0.631. The summed E-state index contributed by atoms with van der Waals surface area (Å²) in [7, 11) is 0. The third-order valence-corrected chi connectivity index (χ3v) is 7.31. The first-order valence-electron chi connectivity index (χ1n) is 12.1. The first-order chi connectivity index (χ1) is 16.3. The number of benzene rings is 4. The van der Waals surface area contributed by atoms with Gasteiger partial charge < -0.3 is 4.90 Å². The lowest BCUT2D eigenvalue weighted by Crippen LogP contribution is -2.26. The molecule has 0 N–H and O–H groups in total. The molecule has 1 nitrogen and oxygen atoms in total. The second kappa shape index (κ2) is 8.41. The van der Waals surface area contributed by atoms with Crippen LogP contribution in [0, 0.1) is 6.92 Å². The molecule has 4 aromatic carbocycles. The van der Waals surface area contributed by atoms with Crippen LogP contribution < -0.4 is 4.90 Å². The van der Waals surface area contributed by atoms with Crippen LogP contribution in [0.1, 0.15) is 53.0 Å². The van der Waals surface area contributed by atoms with Crippen LogP contribution in [-0.4, -0.2) is 6.04 Å². The van der Waals surface area contributed by atoms with Crippen molar-refractivity contribution >= 4 is 23.0 Å². The number of fused-ring (bicyclic) bond motifs is 3. The molecule has 6 rings (SSSR count). The Morgan fingerprint density at radius 2 is 1.42 bits per heavy atom. The lowest BCUT2D eigenvalue weighted by atomic mass is 9.93. The van der Waals surface area contributed by atoms with Gasteiger partial charge in [-0.15, -0.1) is 0 Å². The maximum Gasteiger partial charge on any atom is 0.0450 e. The van der Waals surface area contributed by atoms with Gasteiger partial charge in [0.2, 0.25) is 0 Å². The van der Waals surface area contributed by atoms with E-state index in [0.717, 1.165) is 0 Å². The first-order valence-corrected chi connectivity index (χ1v) is 12.1. The molecule has 0 amide bonds. The first kappa shape index (κ1) is 20.1. The molecule has 1 heterocycles. The van der Waals surface area contributed by atoms with Gasteiger partial charge in [0.05, 0.1) is 0 Å². The number of rotatable bonds is 4. The zero-order valence-corrected chi connectivity index (χ0v) is 19.1. The molecule has 0 aromatic heterocycles. The molecule has 1 fully saturated rings. The van der Waals surface area contributed by atoms with Gasteiger partial charge in [-0.05, 0) is 77.9 Å². The number of hydrogen-bond donors (Lipinski definition) is 0. The van der Waals surface area contributed by atoms with Gasteiger partial charge in [0.15, 0.2) is 0 Å². The number of aryl methyl sites for hydroxylation is 1. The van der Waals surface area contributed by atoms with Crippen LogP contribution in [0.3, 0.4) is 0 Å². The van der Waals surface area contributed by atoms with E-state index in [1.54, 1.807) is 0 Å². The van der Waals surface area contributed by atoms with E-state index in [9.17, 15) is 0 Å². The molecule has 0 unspecified atom stereocenters. The van der Waals surface area contributed by atoms with Crippen molar-refractivity contribution in [2.75, 3.05) is 4.90 Å². The lowest BCUT2D eigenvalue weighted by Gasteiger charge is -2.27. The Bertz CT molecular complexity index is 1240. The van der Waals surface area contributed by atoms with Gasteiger partial charge in [0.25, 0.3) is 0 Å². The van der Waals surface area contributed by atoms with E-state index in [1.807, 2.05) is 0 Å². The number of hydrogen-bond acceptors (Lipinski definition) is 1. The summed E-state index contributed by atoms with van der Waals surface area (Å²) in [6.07, 6.45) is 6.25. The van der Waals surface area contributed by atoms with Gasteiger partial charge in [-0.3, -0.25) is 0 Å². The van der Waals surface area contributed by atoms with Crippen LogP contribution in [-0.2, 0) is 0 Å². The molecule has 2 aliphatic rings. The van der Waals surface area contributed by atoms with Crippen LogP contribution in [0.5, 0.6) is 0 Å². The van der Waals surface area contributed by atoms with Crippen molar-refractivity contribution in [3.63, 3.8) is 0 Å². The highest BCUT2D eigenvalue weighted by molar-refractivity contribution is 5.92. The average molecular weight is 428 g/mol. The minimum absolute atomic E-state index is 0.588. The van der Waals surface area contributed by atoms with E-state index in [2.05, 4.69) is 121 Å². The molecule has 0 saturated heterocycles. The minimum atomic E-state index is 0.588. The predicted octanol–water partition coefficient (Wildman–Crippen LogP) is 8.37. The molecule has 0 bridgehead atoms. The summed E-state index contributed by atoms with van der Waals surface area (Å²) in [4.78, 5) is 2.61. The van der Waals surface area contributed by atoms with Crippen molar-refractivity contribution in [2.24, 2.45) is 0 Å². The van der Waals surface area contributed by atoms with Crippen LogP contribution in [0.15, 0.2) is 103 Å². The summed E-state index contributed by atoms with van der Waals surface area (Å²) in [6, 6.07) is 38.2. The van der Waals surface area contributed by atoms with E-state index >= 15 is 0 Å². The topological polar surface area (TPSA) is 3.24 Å². The molecule has 33 heavy (non-hydrogen) atoms. The second-order valence-electron chi connectivity index (χ2n) is 9.42. The van der Waals surface area contributed by atoms with Crippen LogP contribution in [0.4, 0.5) is 11.4 Å². The second-order valence-corrected chi connectivity index (χ2v) is 9.42. The van der Waals surface area contributed by atoms with Crippen molar-refractivity contribution in [1.82, 2.24) is 0 Å². The fourth-order valence-electron chi connectivity index (χ4n) is 5.74. The molecule has 1 aliphatic carbocycles. The number of anilines is 2. The van der Waals surface area contributed by atoms with Crippen LogP contribution in [0.25, 0.3) is 11.6 Å². The van der Waals surface area contributed by atoms with E-state index in [1.165, 1.54) is 64.0 Å². The Hall–Kier alpha value is -3.58. The maximum absolute atomic E-state index is 2.61. The van der Waals surface area contributed by atoms with E-state index in [-0.39, 0.29) is 0 Å². The number of nitrogens with zero attached hydrogens (tertiary/aromatic N) is 1. The van der Waals surface area contributed by atoms with Crippen molar-refractivity contribution < 1.29 is 0 Å². The average Bonchev–Trinajstić information content (AvgIpc) is 3.45. The van der Waals surface area contributed by atoms with Crippen molar-refractivity contribution in [3.8, 4) is 0 Å². The lowest BCUT2D eigenvalue weighted by molar-refractivity contribution is 0.642. The Morgan fingerprint density at radius 1 is 0.758 bits per heavy atom. The third kappa shape index (κ3) is 3.68. The molecule has 1 saturated carbocycles. The summed E-state index contributed by atoms with van der Waals surface area (Å²) in [5, 5.41) is 0. The van der Waals surface area contributed by atoms with E-state index < -0.39 is 0 Å². The highest BCUT2D eigenvalue weighted by Gasteiger charge is 2.42. The summed E-state index contributed by atoms with van der Waals surface area (Å²) in [5.41, 5.74) is 10.6. The Balaban J connectivity index is 1.45. The maximum atomic E-state index is 2.61. The van der Waals surface area contributed by atoms with Crippen molar-refractivity contribution in [2.45, 2.75) is 38.1 Å². The normalized spacial score (nSPS) is 18.6. The molecule has 162 valence electrons. The minimum Gasteiger partial charge on any atom is -0.338 e. The fourth-order valence-corrected chi connectivity index (χ4v) is 5.74. The monoisotopic (exact) mass is 427 g/mol. The summed E-state index contributed by atoms with van der Waals surface area (Å²) >= 11 is 0. The smallest absolute Gasteiger partial charge is 0.0450 e. The van der Waals surface area contributed by atoms with Crippen molar-refractivity contribution in [1.29, 1.82) is 0 Å². The summed E-state index contributed by atoms with van der Waals surface area (Å²) < 4.78 is 0. The standard InChI is InChI=1S/C32H29N/c1-23-15-18-27(19-16-23)33-31-14-8-13-28(31)30-22-24(17-20-32(30)33)21-29(25-9-4-2-5-10-25)26-11-6-3-7-12-26/h2-7,9-12,15-22,28,31H,8,13-14H2,1H3/t28-,31+/m1/s1. The molecule has 0 spiro atoms. The summed E-state index contributed by atoms with van der Waals surface area (Å²) in [6.45, 7) is 2.16. The Kier molecular flexibility index (Phi) is 5.11. The zero-order valence-electron chi connectivity index (χ0n) is 19.1. The molecule has 4 aromatic rings. The van der Waals surface area contributed by atoms with E-state index in [4.69, 9.17) is 0 Å². The molecule has 2 atom stereocenters. The quantitative estimate of drug-likeness (QED) is 0.296. The van der Waals surface area contributed by atoms with Gasteiger partial charge in [-0.2, -0.15) is 0 Å². The van der Waals surface area contributed by atoms with Crippen molar-refractivity contribution in [3.05, 3.63) is 131 Å². The van der Waals surface area contributed by atoms with Gasteiger partial charge in [0.1, 0.15) is 0 Å². The molecule has 1 aliphatic heterocycles. The largest absolute Gasteiger partial charge is 0.338 e. The predicted molar refractivity (Wildman–Crippen MR) is 140 cm³/mol. The SMILES string of the molecule is Cc1ccc(N2c3ccc(C=C(c4ccccc4)c4ccccc4)cc3[C@H]3CCC[C@@H]32)cc1. The molecular formula is C32H29N. The highest BCUT2D eigenvalue weighted by Crippen LogP contribution is 2.52. The molecule has 0 radical (unpaired) electrons. The van der Waals surface area contributed by atoms with Gasteiger partial charge in [0, 0.05) is 23.3 Å². The van der Waals surface area contributed by atoms with Crippen LogP contribution in [0.2, 0.25) is 0 Å². The Labute approximate surface area is 197 Å². The van der Waals surface area contributed by atoms with Crippen LogP contribution >= 0.6 is 0 Å². The van der Waals surface area contributed by atoms with Gasteiger partial charge in [-0.25, -0.2) is 0 Å². The fraction of sp³-hybridized carbons (Fsp3) is 0.188. The molecule has 1 heteroatoms. The molecular weight excluding hydrogens is 398 g/mol. The Morgan fingerprint density at radius 3 is 2.09 bits per heavy atom. The zero-order chi connectivity index (χ0) is 22.2. The van der Waals surface area contributed by atoms with Gasteiger partial charge >= 0.3 is 0 Å². The van der Waals surface area contributed by atoms with E-state index in [0.29, 0.717) is 12.0 Å². The third-order valence-electron chi connectivity index (χ3n) is 7.31. The highest BCUT2D eigenvalue weighted by atomic mass is 15.2. The van der Waals surface area contributed by atoms with Gasteiger partial charge in [-0.1, -0.05) is 90.8 Å².